The van der Waals surface area contributed by atoms with Gasteiger partial charge in [0.25, 0.3) is 0 Å². The van der Waals surface area contributed by atoms with E-state index >= 15 is 0 Å². The van der Waals surface area contributed by atoms with Crippen LogP contribution in [0.15, 0.2) is 0 Å². The highest BCUT2D eigenvalue weighted by atomic mass is 32.2. The van der Waals surface area contributed by atoms with Gasteiger partial charge in [0.05, 0.1) is 11.5 Å². The smallest absolute Gasteiger partial charge is 0.313 e. The van der Waals surface area contributed by atoms with Crippen molar-refractivity contribution < 1.29 is 9.90 Å². The first-order valence-corrected chi connectivity index (χ1v) is 9.18. The van der Waals surface area contributed by atoms with Crippen molar-refractivity contribution in [1.29, 1.82) is 0 Å². The normalized spacial score (nSPS) is 10.1. The van der Waals surface area contributed by atoms with Gasteiger partial charge in [-0.15, -0.1) is 17.7 Å². The number of rotatable bonds is 13. The molecular formula is C17H30O2S. The fourth-order valence-electron chi connectivity index (χ4n) is 2.03. The zero-order chi connectivity index (χ0) is 14.9. The van der Waals surface area contributed by atoms with Crippen LogP contribution in [0.4, 0.5) is 0 Å². The van der Waals surface area contributed by atoms with Crippen LogP contribution in [0.2, 0.25) is 0 Å². The van der Waals surface area contributed by atoms with Crippen molar-refractivity contribution in [2.24, 2.45) is 0 Å². The van der Waals surface area contributed by atoms with Crippen molar-refractivity contribution in [3.8, 4) is 11.8 Å². The standard InChI is InChI=1S/C17H30O2S/c1-2-3-4-5-6-7-8-9-10-11-12-13-14-15-20-16-17(18)19/h2-12,15-16H2,1H3,(H,18,19). The van der Waals surface area contributed by atoms with Crippen LogP contribution in [0, 0.1) is 11.8 Å². The van der Waals surface area contributed by atoms with E-state index in [9.17, 15) is 4.79 Å². The Balaban J connectivity index is 3.09. The van der Waals surface area contributed by atoms with Crippen LogP contribution in [0.1, 0.15) is 77.6 Å². The van der Waals surface area contributed by atoms with Gasteiger partial charge in [0.15, 0.2) is 0 Å². The summed E-state index contributed by atoms with van der Waals surface area (Å²) < 4.78 is 0. The highest BCUT2D eigenvalue weighted by Gasteiger charge is 1.93. The zero-order valence-corrected chi connectivity index (χ0v) is 13.8. The molecule has 0 heterocycles. The van der Waals surface area contributed by atoms with Gasteiger partial charge in [-0.2, -0.15) is 0 Å². The molecule has 0 saturated carbocycles. The molecule has 0 aromatic carbocycles. The van der Waals surface area contributed by atoms with Gasteiger partial charge in [0.2, 0.25) is 0 Å². The van der Waals surface area contributed by atoms with Crippen molar-refractivity contribution in [1.82, 2.24) is 0 Å². The van der Waals surface area contributed by atoms with Crippen LogP contribution in [-0.2, 0) is 4.79 Å². The molecule has 0 aliphatic carbocycles. The topological polar surface area (TPSA) is 37.3 Å². The van der Waals surface area contributed by atoms with E-state index < -0.39 is 5.97 Å². The Kier molecular flexibility index (Phi) is 15.9. The van der Waals surface area contributed by atoms with Crippen molar-refractivity contribution in [3.05, 3.63) is 0 Å². The third-order valence-electron chi connectivity index (χ3n) is 3.18. The zero-order valence-electron chi connectivity index (χ0n) is 13.0. The SMILES string of the molecule is CCCCCCCCCCCCC#CCSCC(=O)O. The molecule has 0 amide bonds. The third-order valence-corrected chi connectivity index (χ3v) is 3.98. The van der Waals surface area contributed by atoms with E-state index in [-0.39, 0.29) is 5.75 Å². The maximum Gasteiger partial charge on any atom is 0.313 e. The van der Waals surface area contributed by atoms with Gasteiger partial charge in [0, 0.05) is 6.42 Å². The van der Waals surface area contributed by atoms with Gasteiger partial charge in [-0.3, -0.25) is 4.79 Å². The fraction of sp³-hybridized carbons (Fsp3) is 0.824. The molecule has 0 aromatic rings. The molecule has 0 rings (SSSR count). The van der Waals surface area contributed by atoms with E-state index in [0.717, 1.165) is 6.42 Å². The Hall–Kier alpha value is -0.620. The van der Waals surface area contributed by atoms with Crippen molar-refractivity contribution in [2.75, 3.05) is 11.5 Å². The number of carbonyl (C=O) groups is 1. The molecule has 116 valence electrons. The van der Waals surface area contributed by atoms with Crippen LogP contribution in [0.3, 0.4) is 0 Å². The molecule has 0 saturated heterocycles. The fourth-order valence-corrected chi connectivity index (χ4v) is 2.51. The van der Waals surface area contributed by atoms with Gasteiger partial charge < -0.3 is 5.11 Å². The summed E-state index contributed by atoms with van der Waals surface area (Å²) in [4.78, 5) is 10.3. The lowest BCUT2D eigenvalue weighted by Crippen LogP contribution is -1.97. The van der Waals surface area contributed by atoms with Crippen LogP contribution in [0.5, 0.6) is 0 Å². The van der Waals surface area contributed by atoms with Gasteiger partial charge in [-0.25, -0.2) is 0 Å². The van der Waals surface area contributed by atoms with Gasteiger partial charge in [-0.05, 0) is 6.42 Å². The maximum atomic E-state index is 10.3. The minimum Gasteiger partial charge on any atom is -0.481 e. The van der Waals surface area contributed by atoms with Crippen LogP contribution < -0.4 is 0 Å². The molecule has 0 bridgehead atoms. The first-order chi connectivity index (χ1) is 9.77. The summed E-state index contributed by atoms with van der Waals surface area (Å²) in [6.07, 6.45) is 14.5. The highest BCUT2D eigenvalue weighted by molar-refractivity contribution is 8.00. The maximum absolute atomic E-state index is 10.3. The van der Waals surface area contributed by atoms with Gasteiger partial charge >= 0.3 is 5.97 Å². The molecule has 0 spiro atoms. The highest BCUT2D eigenvalue weighted by Crippen LogP contribution is 2.10. The molecule has 3 heteroatoms. The Bertz CT molecular complexity index is 278. The van der Waals surface area contributed by atoms with E-state index in [4.69, 9.17) is 5.11 Å². The van der Waals surface area contributed by atoms with Crippen molar-refractivity contribution in [2.45, 2.75) is 77.6 Å². The summed E-state index contributed by atoms with van der Waals surface area (Å²) in [5, 5.41) is 8.45. The average Bonchev–Trinajstić information content (AvgIpc) is 2.43. The van der Waals surface area contributed by atoms with Crippen molar-refractivity contribution in [3.63, 3.8) is 0 Å². The molecule has 0 aliphatic rings. The number of thioether (sulfide) groups is 1. The summed E-state index contributed by atoms with van der Waals surface area (Å²) in [5.41, 5.74) is 0. The minimum absolute atomic E-state index is 0.160. The first kappa shape index (κ1) is 19.4. The number of hydrogen-bond donors (Lipinski definition) is 1. The number of aliphatic carboxylic acids is 1. The van der Waals surface area contributed by atoms with Gasteiger partial charge in [0.1, 0.15) is 0 Å². The molecule has 0 aliphatic heterocycles. The predicted molar refractivity (Wildman–Crippen MR) is 89.2 cm³/mol. The summed E-state index contributed by atoms with van der Waals surface area (Å²) in [5.74, 6) is 6.19. The number of carboxylic acids is 1. The second-order valence-corrected chi connectivity index (χ2v) is 6.16. The summed E-state index contributed by atoms with van der Waals surface area (Å²) in [6.45, 7) is 2.26. The number of hydrogen-bond acceptors (Lipinski definition) is 2. The monoisotopic (exact) mass is 298 g/mol. The Morgan fingerprint density at radius 1 is 0.900 bits per heavy atom. The quantitative estimate of drug-likeness (QED) is 0.379. The lowest BCUT2D eigenvalue weighted by molar-refractivity contribution is -0.133. The molecular weight excluding hydrogens is 268 g/mol. The second-order valence-electron chi connectivity index (χ2n) is 5.17. The number of carboxylic acid groups (broad SMARTS) is 1. The average molecular weight is 298 g/mol. The molecule has 2 nitrogen and oxygen atoms in total. The van der Waals surface area contributed by atoms with E-state index in [0.29, 0.717) is 5.75 Å². The van der Waals surface area contributed by atoms with Crippen LogP contribution in [-0.4, -0.2) is 22.6 Å². The molecule has 0 fully saturated rings. The van der Waals surface area contributed by atoms with Crippen LogP contribution >= 0.6 is 11.8 Å². The lowest BCUT2D eigenvalue weighted by atomic mass is 10.1. The van der Waals surface area contributed by atoms with Crippen molar-refractivity contribution >= 4 is 17.7 Å². The molecule has 0 aromatic heterocycles. The lowest BCUT2D eigenvalue weighted by Gasteiger charge is -2.00. The first-order valence-electron chi connectivity index (χ1n) is 8.02. The molecule has 1 N–H and O–H groups in total. The van der Waals surface area contributed by atoms with E-state index in [1.165, 1.54) is 76.0 Å². The van der Waals surface area contributed by atoms with E-state index in [1.807, 2.05) is 0 Å². The summed E-state index contributed by atoms with van der Waals surface area (Å²) in [7, 11) is 0. The number of unbranched alkanes of at least 4 members (excludes halogenated alkanes) is 10. The Morgan fingerprint density at radius 2 is 1.45 bits per heavy atom. The van der Waals surface area contributed by atoms with E-state index in [1.54, 1.807) is 0 Å². The van der Waals surface area contributed by atoms with Gasteiger partial charge in [-0.1, -0.05) is 70.6 Å². The largest absolute Gasteiger partial charge is 0.481 e. The third kappa shape index (κ3) is 17.4. The molecule has 20 heavy (non-hydrogen) atoms. The van der Waals surface area contributed by atoms with E-state index in [2.05, 4.69) is 18.8 Å². The predicted octanol–water partition coefficient (Wildman–Crippen LogP) is 5.12. The van der Waals surface area contributed by atoms with Crippen LogP contribution in [0.25, 0.3) is 0 Å². The molecule has 0 atom stereocenters. The molecule has 0 unspecified atom stereocenters. The Morgan fingerprint density at radius 3 is 2.00 bits per heavy atom. The minimum atomic E-state index is -0.758. The summed E-state index contributed by atoms with van der Waals surface area (Å²) in [6, 6.07) is 0. The molecule has 0 radical (unpaired) electrons. The Labute approximate surface area is 129 Å². The summed E-state index contributed by atoms with van der Waals surface area (Å²) >= 11 is 1.37. The second kappa shape index (κ2) is 16.4.